The minimum Gasteiger partial charge on any atom is -0.282 e. The van der Waals surface area contributed by atoms with E-state index in [9.17, 15) is 8.42 Å². The Hall–Kier alpha value is -0.350. The van der Waals surface area contributed by atoms with Gasteiger partial charge in [-0.1, -0.05) is 13.0 Å². The summed E-state index contributed by atoms with van der Waals surface area (Å²) in [7, 11) is -3.87. The first-order chi connectivity index (χ1) is 3.56. The smallest absolute Gasteiger partial charge is 0.282 e. The molecule has 0 fully saturated rings. The fraction of sp³-hybridized carbons (Fsp3) is 0.500. The van der Waals surface area contributed by atoms with Crippen LogP contribution < -0.4 is 0 Å². The van der Waals surface area contributed by atoms with E-state index in [-0.39, 0.29) is 0 Å². The van der Waals surface area contributed by atoms with Crippen LogP contribution in [0.15, 0.2) is 11.5 Å². The van der Waals surface area contributed by atoms with Crippen LogP contribution in [0.1, 0.15) is 13.3 Å². The molecule has 8 heavy (non-hydrogen) atoms. The van der Waals surface area contributed by atoms with Crippen LogP contribution in [0.25, 0.3) is 0 Å². The maximum atomic E-state index is 9.86. The fourth-order valence-electron chi connectivity index (χ4n) is 0.218. The van der Waals surface area contributed by atoms with Crippen LogP contribution in [0.2, 0.25) is 0 Å². The average molecular weight is 136 g/mol. The van der Waals surface area contributed by atoms with Crippen LogP contribution >= 0.6 is 0 Å². The molecule has 0 saturated carbocycles. The van der Waals surface area contributed by atoms with Gasteiger partial charge in [-0.15, -0.1) is 0 Å². The highest BCUT2D eigenvalue weighted by Gasteiger charge is 1.91. The van der Waals surface area contributed by atoms with Gasteiger partial charge in [0, 0.05) is 0 Å². The fourth-order valence-corrected chi connectivity index (χ4v) is 0.653. The van der Waals surface area contributed by atoms with Gasteiger partial charge in [-0.25, -0.2) is 0 Å². The van der Waals surface area contributed by atoms with Crippen molar-refractivity contribution in [3.05, 3.63) is 11.5 Å². The molecule has 48 valence electrons. The second kappa shape index (κ2) is 2.84. The van der Waals surface area contributed by atoms with E-state index in [0.29, 0.717) is 6.42 Å². The van der Waals surface area contributed by atoms with Crippen molar-refractivity contribution in [1.82, 2.24) is 0 Å². The first kappa shape index (κ1) is 7.65. The van der Waals surface area contributed by atoms with Gasteiger partial charge in [0.05, 0.1) is 5.41 Å². The van der Waals surface area contributed by atoms with Gasteiger partial charge in [-0.2, -0.15) is 8.42 Å². The highest BCUT2D eigenvalue weighted by Crippen LogP contribution is 1.86. The Labute approximate surface area is 48.8 Å². The van der Waals surface area contributed by atoms with Crippen molar-refractivity contribution >= 4 is 10.1 Å². The van der Waals surface area contributed by atoms with Crippen molar-refractivity contribution in [2.75, 3.05) is 0 Å². The average Bonchev–Trinajstić information content (AvgIpc) is 1.59. The van der Waals surface area contributed by atoms with Crippen LogP contribution in [0, 0.1) is 0 Å². The van der Waals surface area contributed by atoms with Gasteiger partial charge in [-0.05, 0) is 6.42 Å². The second-order valence-corrected chi connectivity index (χ2v) is 2.60. The molecule has 0 aliphatic heterocycles. The van der Waals surface area contributed by atoms with E-state index < -0.39 is 10.1 Å². The first-order valence-electron chi connectivity index (χ1n) is 2.20. The van der Waals surface area contributed by atoms with E-state index in [0.717, 1.165) is 5.41 Å². The van der Waals surface area contributed by atoms with Crippen LogP contribution in [-0.4, -0.2) is 13.0 Å². The van der Waals surface area contributed by atoms with Crippen molar-refractivity contribution in [2.24, 2.45) is 0 Å². The molecule has 0 rings (SSSR count). The first-order valence-corrected chi connectivity index (χ1v) is 3.70. The Kier molecular flexibility index (Phi) is 2.71. The Morgan fingerprint density at radius 3 is 2.25 bits per heavy atom. The molecular formula is C4H8O3S. The van der Waals surface area contributed by atoms with Gasteiger partial charge in [0.1, 0.15) is 0 Å². The molecule has 0 amide bonds. The van der Waals surface area contributed by atoms with Crippen molar-refractivity contribution in [3.63, 3.8) is 0 Å². The van der Waals surface area contributed by atoms with Crippen molar-refractivity contribution in [2.45, 2.75) is 13.3 Å². The molecule has 0 saturated heterocycles. The lowest BCUT2D eigenvalue weighted by atomic mass is 10.5. The van der Waals surface area contributed by atoms with E-state index in [2.05, 4.69) is 0 Å². The molecule has 3 nitrogen and oxygen atoms in total. The number of hydrogen-bond acceptors (Lipinski definition) is 2. The van der Waals surface area contributed by atoms with E-state index in [4.69, 9.17) is 4.55 Å². The highest BCUT2D eigenvalue weighted by atomic mass is 32.2. The maximum Gasteiger partial charge on any atom is 0.287 e. The summed E-state index contributed by atoms with van der Waals surface area (Å²) in [5, 5.41) is 0.771. The molecule has 0 bridgehead atoms. The van der Waals surface area contributed by atoms with Gasteiger partial charge < -0.3 is 0 Å². The summed E-state index contributed by atoms with van der Waals surface area (Å²) in [4.78, 5) is 0. The Balaban J connectivity index is 3.92. The van der Waals surface area contributed by atoms with Crippen LogP contribution in [0.4, 0.5) is 0 Å². The van der Waals surface area contributed by atoms with E-state index >= 15 is 0 Å². The van der Waals surface area contributed by atoms with Gasteiger partial charge in [0.25, 0.3) is 10.1 Å². The normalized spacial score (nSPS) is 12.8. The molecule has 0 aromatic rings. The maximum absolute atomic E-state index is 9.86. The standard InChI is InChI=1S/C4H8O3S/c1-2-3-4-8(5,6)7/h3-4H,2H2,1H3,(H,5,6,7). The minimum atomic E-state index is -3.87. The van der Waals surface area contributed by atoms with Crippen LogP contribution in [0.3, 0.4) is 0 Å². The molecule has 0 radical (unpaired) electrons. The molecule has 0 aromatic heterocycles. The summed E-state index contributed by atoms with van der Waals surface area (Å²) >= 11 is 0. The predicted molar refractivity (Wildman–Crippen MR) is 31.0 cm³/mol. The molecule has 0 aromatic carbocycles. The van der Waals surface area contributed by atoms with E-state index in [1.54, 1.807) is 6.92 Å². The largest absolute Gasteiger partial charge is 0.287 e. The highest BCUT2D eigenvalue weighted by molar-refractivity contribution is 7.88. The third kappa shape index (κ3) is 5.65. The predicted octanol–water partition coefficient (Wildman–Crippen LogP) is 0.798. The van der Waals surface area contributed by atoms with Gasteiger partial charge in [-0.3, -0.25) is 4.55 Å². The zero-order valence-electron chi connectivity index (χ0n) is 4.53. The molecule has 0 atom stereocenters. The molecule has 0 heterocycles. The molecule has 4 heteroatoms. The third-order valence-corrected chi connectivity index (χ3v) is 1.04. The van der Waals surface area contributed by atoms with Crippen LogP contribution in [-0.2, 0) is 10.1 Å². The quantitative estimate of drug-likeness (QED) is 0.571. The molecule has 0 spiro atoms. The van der Waals surface area contributed by atoms with Crippen molar-refractivity contribution < 1.29 is 13.0 Å². The third-order valence-electron chi connectivity index (χ3n) is 0.504. The summed E-state index contributed by atoms with van der Waals surface area (Å²) in [6.45, 7) is 1.78. The molecule has 0 aliphatic rings. The number of hydrogen-bond donors (Lipinski definition) is 1. The van der Waals surface area contributed by atoms with Gasteiger partial charge in [0.15, 0.2) is 0 Å². The summed E-state index contributed by atoms with van der Waals surface area (Å²) in [5.41, 5.74) is 0. The SMILES string of the molecule is CCC=CS(=O)(=O)O. The second-order valence-electron chi connectivity index (χ2n) is 1.30. The lowest BCUT2D eigenvalue weighted by Gasteiger charge is -1.79. The Bertz CT molecular complexity index is 166. The lowest BCUT2D eigenvalue weighted by Crippen LogP contribution is -1.88. The van der Waals surface area contributed by atoms with Crippen molar-refractivity contribution in [1.29, 1.82) is 0 Å². The number of rotatable bonds is 2. The zero-order valence-corrected chi connectivity index (χ0v) is 5.35. The van der Waals surface area contributed by atoms with Crippen LogP contribution in [0.5, 0.6) is 0 Å². The zero-order chi connectivity index (χ0) is 6.62. The molecular weight excluding hydrogens is 128 g/mol. The molecule has 1 N–H and O–H groups in total. The van der Waals surface area contributed by atoms with Gasteiger partial charge in [0.2, 0.25) is 0 Å². The monoisotopic (exact) mass is 136 g/mol. The molecule has 0 unspecified atom stereocenters. The summed E-state index contributed by atoms with van der Waals surface area (Å²) in [5.74, 6) is 0. The van der Waals surface area contributed by atoms with E-state index in [1.807, 2.05) is 0 Å². The van der Waals surface area contributed by atoms with Gasteiger partial charge >= 0.3 is 0 Å². The molecule has 0 aliphatic carbocycles. The minimum absolute atomic E-state index is 0.611. The van der Waals surface area contributed by atoms with E-state index in [1.165, 1.54) is 6.08 Å². The summed E-state index contributed by atoms with van der Waals surface area (Å²) < 4.78 is 27.8. The lowest BCUT2D eigenvalue weighted by molar-refractivity contribution is 0.494. The number of allylic oxidation sites excluding steroid dienone is 1. The Morgan fingerprint density at radius 2 is 2.12 bits per heavy atom. The van der Waals surface area contributed by atoms with Crippen molar-refractivity contribution in [3.8, 4) is 0 Å². The summed E-state index contributed by atoms with van der Waals surface area (Å²) in [6, 6.07) is 0. The summed E-state index contributed by atoms with van der Waals surface area (Å²) in [6.07, 6.45) is 1.98. The Morgan fingerprint density at radius 1 is 1.62 bits per heavy atom. The topological polar surface area (TPSA) is 54.4 Å².